The number of thiazole rings is 3. The van der Waals surface area contributed by atoms with Gasteiger partial charge in [0.15, 0.2) is 11.0 Å². The predicted molar refractivity (Wildman–Crippen MR) is 556 cm³/mol. The average Bonchev–Trinajstić information content (AvgIpc) is 1.65. The molecule has 0 radical (unpaired) electrons. The molecule has 0 spiro atoms. The van der Waals surface area contributed by atoms with Crippen LogP contribution < -0.4 is 5.73 Å². The fourth-order valence-electron chi connectivity index (χ4n) is 18.6. The standard InChI is InChI=1S/C23H25N5O2.C23H23N5O2.C22H23N5OS.C21H23FN4OS.C21H22N6OS/c2*1-3-20-12-21(19-6-4-5-17(11-19)13-24)26-28(20)15-22(29)27-9-7-18(8-10-27)23-25-14-16(2)30-23;1-3-18-12-20(17-6-4-5-16(11-17)13-23)25-27(18)14-22(28)26-9-7-19-21(8-10-26)29-15(2)24-19;1-5-16-8-17(15-6-12(2)21(22)13(3)7-15)24-26(16)11-20(27)25-9-18-19(10-25)28-14(4)23-18;1-2-16-11-18(15-5-3-4-14(10-15)12-22)25-27(16)13-20(28)26-8-6-17-19(7-9-26)29-21(23)24-17/h4-6,11-12,14,18H,3,7-10,15H2,1-2H3;4-7,11-12,14H,3,8-10,15H2,1-2H3;4-6,11-12H,3,7-10,14H2,1-2H3;6-8H,5,9-11H2,1-4H3;3-5,10-11H,2,6-9,13H2,1H3,(H2,23,24). The third-order valence-electron chi connectivity index (χ3n) is 26.5. The van der Waals surface area contributed by atoms with Crippen LogP contribution in [0.5, 0.6) is 0 Å². The Labute approximate surface area is 859 Å². The Kier molecular flexibility index (Phi) is 33.3. The molecule has 0 atom stereocenters. The van der Waals surface area contributed by atoms with Gasteiger partial charge in [-0.15, -0.1) is 34.0 Å². The molecule has 10 aromatic heterocycles. The number of oxazole rings is 2. The van der Waals surface area contributed by atoms with Crippen LogP contribution in [-0.2, 0) is 128 Å². The molecular weight excluding hydrogens is 1900 g/mol. The molecule has 20 rings (SSSR count). The van der Waals surface area contributed by atoms with Crippen molar-refractivity contribution in [3.8, 4) is 80.6 Å². The van der Waals surface area contributed by atoms with Crippen molar-refractivity contribution in [2.24, 2.45) is 0 Å². The lowest BCUT2D eigenvalue weighted by Crippen LogP contribution is -2.40. The largest absolute Gasteiger partial charge is 0.446 e. The zero-order valence-electron chi connectivity index (χ0n) is 84.0. The van der Waals surface area contributed by atoms with E-state index in [9.17, 15) is 28.4 Å². The number of aromatic nitrogens is 15. The van der Waals surface area contributed by atoms with E-state index in [2.05, 4.69) is 88.5 Å². The maximum Gasteiger partial charge on any atom is 0.244 e. The molecule has 5 aliphatic heterocycles. The molecule has 5 amide bonds. The van der Waals surface area contributed by atoms with Crippen LogP contribution in [-0.4, -0.2) is 180 Å². The Bertz CT molecular complexity index is 7250. The average molecular weight is 2020 g/mol. The molecule has 15 heterocycles. The van der Waals surface area contributed by atoms with Gasteiger partial charge in [-0.1, -0.05) is 89.2 Å². The number of hydrogen-bond acceptors (Lipinski definition) is 25. The number of piperidine rings is 1. The monoisotopic (exact) mass is 2010 g/mol. The number of fused-ring (bicyclic) bond motifs is 3. The van der Waals surface area contributed by atoms with Gasteiger partial charge < -0.3 is 39.1 Å². The van der Waals surface area contributed by atoms with Gasteiger partial charge in [0.25, 0.3) is 0 Å². The second kappa shape index (κ2) is 47.2. The van der Waals surface area contributed by atoms with Crippen LogP contribution in [0, 0.1) is 92.7 Å². The lowest BCUT2D eigenvalue weighted by atomic mass is 9.97. The summed E-state index contributed by atoms with van der Waals surface area (Å²) >= 11 is 4.92. The number of aryl methyl sites for hydroxylation is 11. The minimum atomic E-state index is -0.181. The molecule has 0 bridgehead atoms. The molecule has 0 unspecified atom stereocenters. The summed E-state index contributed by atoms with van der Waals surface area (Å²) in [5, 5.41) is 62.6. The van der Waals surface area contributed by atoms with Crippen molar-refractivity contribution in [2.45, 2.75) is 205 Å². The molecule has 1 saturated heterocycles. The quantitative estimate of drug-likeness (QED) is 0.0658. The van der Waals surface area contributed by atoms with Crippen molar-refractivity contribution in [1.82, 2.24) is 98.3 Å². The van der Waals surface area contributed by atoms with E-state index in [0.29, 0.717) is 103 Å². The number of halogens is 1. The summed E-state index contributed by atoms with van der Waals surface area (Å²) in [6, 6.07) is 51.7. The highest BCUT2D eigenvalue weighted by molar-refractivity contribution is 7.15. The van der Waals surface area contributed by atoms with Crippen LogP contribution in [0.2, 0.25) is 0 Å². The number of nitrogen functional groups attached to an aromatic ring is 1. The Morgan fingerprint density at radius 2 is 0.753 bits per heavy atom. The first-order chi connectivity index (χ1) is 70.6. The summed E-state index contributed by atoms with van der Waals surface area (Å²) in [5.74, 6) is 3.42. The molecule has 146 heavy (non-hydrogen) atoms. The molecule has 748 valence electrons. The van der Waals surface area contributed by atoms with Gasteiger partial charge in [0, 0.05) is 160 Å². The maximum atomic E-state index is 14.0. The van der Waals surface area contributed by atoms with E-state index in [4.69, 9.17) is 35.6 Å². The van der Waals surface area contributed by atoms with Crippen LogP contribution in [0.25, 0.3) is 61.9 Å². The van der Waals surface area contributed by atoms with Crippen LogP contribution in [0.15, 0.2) is 167 Å². The van der Waals surface area contributed by atoms with Crippen molar-refractivity contribution >= 4 is 74.3 Å². The SMILES string of the molecule is CCc1cc(-c2cc(C)c(F)c(C)c2)nn1CC(=O)N1Cc2nc(C)sc2C1.CCc1cc(-c2cccc(C#N)c2)nn1CC(=O)N1CC=C(c2ncc(C)o2)CC1.CCc1cc(-c2cccc(C#N)c2)nn1CC(=O)N1CCC(c2ncc(C)o2)CC1.CCc1cc(-c2cccc(C#N)c2)nn1CC(=O)N1CCc2nc(C)sc2CC1.CCc1cc(-c2cccc(C#N)c2)nn1CC(=O)N1CCc2nc(N)sc2CC1. The van der Waals surface area contributed by atoms with E-state index in [0.717, 1.165) is 218 Å². The molecule has 15 aromatic rings. The van der Waals surface area contributed by atoms with Crippen molar-refractivity contribution in [1.29, 1.82) is 21.0 Å². The number of carbonyl (C=O) groups is 5. The van der Waals surface area contributed by atoms with Gasteiger partial charge in [-0.3, -0.25) is 47.4 Å². The van der Waals surface area contributed by atoms with Crippen molar-refractivity contribution in [3.63, 3.8) is 0 Å². The van der Waals surface area contributed by atoms with Crippen molar-refractivity contribution in [2.75, 3.05) is 58.1 Å². The number of likely N-dealkylation sites (tertiary alicyclic amines) is 1. The molecule has 0 aliphatic carbocycles. The third-order valence-corrected chi connectivity index (χ3v) is 29.5. The number of nitriles is 4. The normalized spacial score (nSPS) is 13.8. The van der Waals surface area contributed by atoms with E-state index in [1.165, 1.54) is 26.0 Å². The summed E-state index contributed by atoms with van der Waals surface area (Å²) < 4.78 is 34.1. The second-order valence-corrected chi connectivity index (χ2v) is 40.2. The van der Waals surface area contributed by atoms with Crippen LogP contribution in [0.4, 0.5) is 9.52 Å². The lowest BCUT2D eigenvalue weighted by molar-refractivity contribution is -0.133. The molecule has 2 N–H and O–H groups in total. The summed E-state index contributed by atoms with van der Waals surface area (Å²) in [6.45, 7) is 29.2. The summed E-state index contributed by atoms with van der Waals surface area (Å²) in [6.07, 6.45) is 15.0. The van der Waals surface area contributed by atoms with Gasteiger partial charge in [-0.05, 0) is 195 Å². The number of hydrogen-bond donors (Lipinski definition) is 1. The highest BCUT2D eigenvalue weighted by Crippen LogP contribution is 2.35. The lowest BCUT2D eigenvalue weighted by Gasteiger charge is -2.30. The van der Waals surface area contributed by atoms with Gasteiger partial charge >= 0.3 is 0 Å². The predicted octanol–water partition coefficient (Wildman–Crippen LogP) is 17.5. The van der Waals surface area contributed by atoms with E-state index in [1.807, 2.05) is 194 Å². The van der Waals surface area contributed by atoms with E-state index >= 15 is 0 Å². The topological polar surface area (TPSA) is 403 Å². The highest BCUT2D eigenvalue weighted by Gasteiger charge is 2.33. The van der Waals surface area contributed by atoms with Gasteiger partial charge in [0.2, 0.25) is 35.4 Å². The Balaban J connectivity index is 0.000000131. The number of nitrogens with two attached hydrogens (primary N) is 1. The smallest absolute Gasteiger partial charge is 0.244 e. The maximum absolute atomic E-state index is 14.0. The first-order valence-electron chi connectivity index (χ1n) is 49.3. The zero-order valence-corrected chi connectivity index (χ0v) is 86.4. The number of benzene rings is 5. The molecule has 0 saturated carbocycles. The van der Waals surface area contributed by atoms with Crippen molar-refractivity contribution in [3.05, 3.63) is 291 Å². The Morgan fingerprint density at radius 1 is 0.397 bits per heavy atom. The minimum absolute atomic E-state index is 0.0315. The van der Waals surface area contributed by atoms with E-state index < -0.39 is 0 Å². The Morgan fingerprint density at radius 3 is 1.13 bits per heavy atom. The second-order valence-electron chi connectivity index (χ2n) is 36.6. The van der Waals surface area contributed by atoms with Crippen LogP contribution >= 0.6 is 34.0 Å². The third kappa shape index (κ3) is 25.0. The number of carbonyl (C=O) groups excluding carboxylic acids is 5. The molecule has 32 nitrogen and oxygen atoms in total. The molecule has 36 heteroatoms. The number of amides is 5. The number of rotatable bonds is 22. The van der Waals surface area contributed by atoms with Gasteiger partial charge in [-0.2, -0.15) is 46.5 Å². The summed E-state index contributed by atoms with van der Waals surface area (Å²) in [4.78, 5) is 99.7. The van der Waals surface area contributed by atoms with E-state index in [-0.39, 0.29) is 74.0 Å². The van der Waals surface area contributed by atoms with Crippen LogP contribution in [0.1, 0.15) is 187 Å². The van der Waals surface area contributed by atoms with Gasteiger partial charge in [0.05, 0.1) is 128 Å². The first-order valence-corrected chi connectivity index (χ1v) is 51.8. The summed E-state index contributed by atoms with van der Waals surface area (Å²) in [5.41, 5.74) is 27.0. The molecule has 5 aliphatic rings. The summed E-state index contributed by atoms with van der Waals surface area (Å²) in [7, 11) is 0. The highest BCUT2D eigenvalue weighted by atomic mass is 32.1. The molecular formula is C110H116FN25O7S3. The Hall–Kier alpha value is -15.8. The first kappa shape index (κ1) is 103. The molecule has 1 fully saturated rings. The number of nitrogens with zero attached hydrogens (tertiary/aromatic N) is 24. The van der Waals surface area contributed by atoms with Gasteiger partial charge in [0.1, 0.15) is 50.1 Å². The zero-order chi connectivity index (χ0) is 103. The fraction of sp³-hybridized carbons (Fsp3) is 0.355. The molecule has 5 aromatic carbocycles. The minimum Gasteiger partial charge on any atom is -0.446 e. The van der Waals surface area contributed by atoms with Crippen LogP contribution in [0.3, 0.4) is 0 Å². The van der Waals surface area contributed by atoms with E-state index in [1.54, 1.807) is 96.6 Å². The fourth-order valence-corrected chi connectivity index (χ4v) is 21.4. The van der Waals surface area contributed by atoms with Gasteiger partial charge in [-0.25, -0.2) is 29.3 Å². The van der Waals surface area contributed by atoms with Crippen molar-refractivity contribution < 1.29 is 37.2 Å². The number of anilines is 1.